The molecule has 15 heteroatoms. The summed E-state index contributed by atoms with van der Waals surface area (Å²) in [6, 6.07) is 7.36. The molecule has 1 aromatic heterocycles. The first-order valence-electron chi connectivity index (χ1n) is 12.2. The number of amides is 1. The molecule has 2 aromatic carbocycles. The Hall–Kier alpha value is -3.54. The van der Waals surface area contributed by atoms with Gasteiger partial charge in [-0.3, -0.25) is 19.5 Å². The molecule has 13 nitrogen and oxygen atoms in total. The average Bonchev–Trinajstić information content (AvgIpc) is 3.47. The van der Waals surface area contributed by atoms with E-state index in [0.29, 0.717) is 13.6 Å². The Morgan fingerprint density at radius 1 is 1.07 bits per heavy atom. The summed E-state index contributed by atoms with van der Waals surface area (Å²) in [5, 5.41) is 20.8. The summed E-state index contributed by atoms with van der Waals surface area (Å²) < 4.78 is 46.0. The predicted octanol–water partition coefficient (Wildman–Crippen LogP) is 1.61. The van der Waals surface area contributed by atoms with Crippen LogP contribution in [0.15, 0.2) is 53.7 Å². The quantitative estimate of drug-likeness (QED) is 0.327. The first-order chi connectivity index (χ1) is 19.5. The van der Waals surface area contributed by atoms with Crippen molar-refractivity contribution in [2.24, 2.45) is 0 Å². The van der Waals surface area contributed by atoms with E-state index >= 15 is 0 Å². The Balaban J connectivity index is 1.86. The number of methoxy groups -OCH3 is 3. The van der Waals surface area contributed by atoms with Crippen LogP contribution in [0.5, 0.6) is 17.4 Å². The van der Waals surface area contributed by atoms with Crippen LogP contribution in [0.4, 0.5) is 5.69 Å². The molecular formula is C26H25IN4O9S. The maximum atomic E-state index is 14.9. The number of carboxylic acid groups (broad SMARTS) is 1. The van der Waals surface area contributed by atoms with Crippen molar-refractivity contribution >= 4 is 50.2 Å². The fraction of sp³-hybridized carbons (Fsp3) is 0.308. The van der Waals surface area contributed by atoms with Gasteiger partial charge in [-0.2, -0.15) is 0 Å². The number of hydrogen-bond donors (Lipinski definition) is 2. The third kappa shape index (κ3) is 4.38. The molecule has 3 atom stereocenters. The van der Waals surface area contributed by atoms with Gasteiger partial charge in [0.1, 0.15) is 28.1 Å². The number of nitrogens with zero attached hydrogens (tertiary/aromatic N) is 4. The minimum Gasteiger partial charge on any atom is -0.497 e. The molecule has 3 heterocycles. The summed E-state index contributed by atoms with van der Waals surface area (Å²) in [6.45, 7) is -0.271. The minimum absolute atomic E-state index is 0.0217. The van der Waals surface area contributed by atoms with Crippen LogP contribution in [0.1, 0.15) is 17.7 Å². The number of hydrogen-bond acceptors (Lipinski definition) is 11. The highest BCUT2D eigenvalue weighted by molar-refractivity contribution is 14.1. The zero-order valence-corrected chi connectivity index (χ0v) is 25.0. The van der Waals surface area contributed by atoms with Gasteiger partial charge in [0.15, 0.2) is 5.54 Å². The summed E-state index contributed by atoms with van der Waals surface area (Å²) in [7, 11) is -0.681. The summed E-state index contributed by atoms with van der Waals surface area (Å²) in [5.41, 5.74) is -2.14. The zero-order chi connectivity index (χ0) is 29.7. The van der Waals surface area contributed by atoms with E-state index in [1.54, 1.807) is 12.1 Å². The molecule has 0 saturated carbocycles. The second kappa shape index (κ2) is 10.7. The Morgan fingerprint density at radius 3 is 2.46 bits per heavy atom. The van der Waals surface area contributed by atoms with Crippen molar-refractivity contribution in [3.8, 4) is 17.4 Å². The lowest BCUT2D eigenvalue weighted by atomic mass is 9.84. The highest BCUT2D eigenvalue weighted by Gasteiger charge is 2.65. The lowest BCUT2D eigenvalue weighted by Gasteiger charge is -2.39. The number of benzene rings is 2. The van der Waals surface area contributed by atoms with Gasteiger partial charge < -0.3 is 24.4 Å². The number of aliphatic carboxylic acids is 1. The van der Waals surface area contributed by atoms with Crippen molar-refractivity contribution in [1.29, 1.82) is 0 Å². The summed E-state index contributed by atoms with van der Waals surface area (Å²) in [6.07, 6.45) is 1.30. The van der Waals surface area contributed by atoms with E-state index in [2.05, 4.69) is 9.97 Å². The monoisotopic (exact) mass is 696 g/mol. The minimum atomic E-state index is -4.69. The number of aliphatic hydroxyl groups excluding tert-OH is 1. The molecule has 1 amide bonds. The molecule has 0 radical (unpaired) electrons. The molecule has 0 aliphatic carbocycles. The Bertz CT molecular complexity index is 1650. The van der Waals surface area contributed by atoms with Gasteiger partial charge in [-0.05, 0) is 52.9 Å². The van der Waals surface area contributed by atoms with Crippen LogP contribution < -0.4 is 18.5 Å². The number of β-amino-alcohol motifs (C(OH)–C–C–N with tert-alkyl or cyclic N) is 1. The first-order valence-corrected chi connectivity index (χ1v) is 14.7. The van der Waals surface area contributed by atoms with E-state index in [4.69, 9.17) is 14.2 Å². The first kappa shape index (κ1) is 29.0. The lowest BCUT2D eigenvalue weighted by molar-refractivity contribution is -0.145. The molecule has 2 N–H and O–H groups in total. The number of ether oxygens (including phenoxy) is 3. The number of carbonyl (C=O) groups is 2. The molecule has 2 aliphatic rings. The number of fused-ring (bicyclic) bond motifs is 1. The summed E-state index contributed by atoms with van der Waals surface area (Å²) in [4.78, 5) is 36.9. The van der Waals surface area contributed by atoms with E-state index in [-0.39, 0.29) is 46.4 Å². The maximum absolute atomic E-state index is 14.9. The molecule has 3 aromatic rings. The number of carboxylic acids is 1. The number of sulfonamides is 1. The smallest absolute Gasteiger partial charge is 0.321 e. The third-order valence-electron chi connectivity index (χ3n) is 7.15. The molecule has 216 valence electrons. The van der Waals surface area contributed by atoms with Crippen LogP contribution in [0.3, 0.4) is 0 Å². The third-order valence-corrected chi connectivity index (χ3v) is 9.55. The van der Waals surface area contributed by atoms with E-state index < -0.39 is 39.6 Å². The van der Waals surface area contributed by atoms with E-state index in [1.165, 1.54) is 62.9 Å². The van der Waals surface area contributed by atoms with E-state index in [0.717, 1.165) is 0 Å². The second-order valence-electron chi connectivity index (χ2n) is 9.27. The van der Waals surface area contributed by atoms with Crippen LogP contribution >= 0.6 is 22.6 Å². The Morgan fingerprint density at radius 2 is 1.80 bits per heavy atom. The average molecular weight is 696 g/mol. The number of aliphatic hydroxyl groups is 1. The van der Waals surface area contributed by atoms with Gasteiger partial charge in [-0.25, -0.2) is 17.7 Å². The van der Waals surface area contributed by atoms with Crippen molar-refractivity contribution in [3.05, 3.63) is 63.6 Å². The fourth-order valence-corrected chi connectivity index (χ4v) is 7.55. The molecule has 0 spiro atoms. The van der Waals surface area contributed by atoms with E-state index in [1.807, 2.05) is 22.6 Å². The molecule has 5 rings (SSSR count). The summed E-state index contributed by atoms with van der Waals surface area (Å²) >= 11 is 2.01. The standard InChI is InChI=1S/C26H25IN4O9S/c1-38-16-5-7-21(20(12-16)39-2)41(36,37)31-18-6-4-14(27)10-17(18)26(25(31)35,22-23(40-3)29-9-8-28-22)30-13-15(32)11-19(30)24(33)34/h4-10,12,15,19,32H,11,13H2,1-3H3,(H,33,34)/t15-,19+,26?/m1/s1. The van der Waals surface area contributed by atoms with Crippen LogP contribution in [0.25, 0.3) is 0 Å². The van der Waals surface area contributed by atoms with Crippen molar-refractivity contribution in [2.45, 2.75) is 29.0 Å². The van der Waals surface area contributed by atoms with Gasteiger partial charge in [-0.15, -0.1) is 0 Å². The van der Waals surface area contributed by atoms with Gasteiger partial charge in [0.25, 0.3) is 15.9 Å². The van der Waals surface area contributed by atoms with Gasteiger partial charge >= 0.3 is 5.97 Å². The van der Waals surface area contributed by atoms with Crippen LogP contribution in [0.2, 0.25) is 0 Å². The SMILES string of the molecule is COc1ccc(S(=O)(=O)N2C(=O)C(c3nccnc3OC)(N3C[C@H](O)C[C@H]3C(=O)O)c3cc(I)ccc32)c(OC)c1. The number of aromatic nitrogens is 2. The van der Waals surface area contributed by atoms with Crippen LogP contribution in [-0.4, -0.2) is 85.4 Å². The number of carbonyl (C=O) groups excluding carboxylic acids is 1. The number of halogens is 1. The highest BCUT2D eigenvalue weighted by atomic mass is 127. The Labute approximate surface area is 248 Å². The van der Waals surface area contributed by atoms with Crippen molar-refractivity contribution < 1.29 is 42.4 Å². The van der Waals surface area contributed by atoms with Crippen LogP contribution in [0, 0.1) is 3.57 Å². The second-order valence-corrected chi connectivity index (χ2v) is 12.3. The fourth-order valence-electron chi connectivity index (χ4n) is 5.46. The largest absolute Gasteiger partial charge is 0.497 e. The van der Waals surface area contributed by atoms with Crippen molar-refractivity contribution in [2.75, 3.05) is 32.2 Å². The zero-order valence-electron chi connectivity index (χ0n) is 22.0. The molecular weight excluding hydrogens is 671 g/mol. The van der Waals surface area contributed by atoms with E-state index in [9.17, 15) is 28.2 Å². The highest BCUT2D eigenvalue weighted by Crippen LogP contribution is 2.54. The van der Waals surface area contributed by atoms with Gasteiger partial charge in [0.05, 0.1) is 33.1 Å². The van der Waals surface area contributed by atoms with Crippen molar-refractivity contribution in [1.82, 2.24) is 14.9 Å². The molecule has 1 fully saturated rings. The van der Waals surface area contributed by atoms with Crippen molar-refractivity contribution in [3.63, 3.8) is 0 Å². The summed E-state index contributed by atoms with van der Waals surface area (Å²) in [5.74, 6) is -2.19. The predicted molar refractivity (Wildman–Crippen MR) is 151 cm³/mol. The topological polar surface area (TPSA) is 169 Å². The molecule has 1 unspecified atom stereocenters. The van der Waals surface area contributed by atoms with Gasteiger partial charge in [0, 0.05) is 40.6 Å². The number of likely N-dealkylation sites (tertiary alicyclic amines) is 1. The van der Waals surface area contributed by atoms with Crippen LogP contribution in [-0.2, 0) is 25.2 Å². The Kier molecular flexibility index (Phi) is 7.56. The molecule has 1 saturated heterocycles. The number of anilines is 1. The molecule has 2 aliphatic heterocycles. The molecule has 0 bridgehead atoms. The molecule has 41 heavy (non-hydrogen) atoms. The normalized spacial score (nSPS) is 22.5. The maximum Gasteiger partial charge on any atom is 0.321 e. The van der Waals surface area contributed by atoms with Gasteiger partial charge in [0.2, 0.25) is 5.88 Å². The number of rotatable bonds is 8. The van der Waals surface area contributed by atoms with Gasteiger partial charge in [-0.1, -0.05) is 0 Å². The lowest BCUT2D eigenvalue weighted by Crippen LogP contribution is -2.58.